The van der Waals surface area contributed by atoms with Gasteiger partial charge in [-0.2, -0.15) is 15.4 Å². The van der Waals surface area contributed by atoms with Crippen LogP contribution in [-0.4, -0.2) is 11.6 Å². The van der Waals surface area contributed by atoms with Crippen LogP contribution in [0.5, 0.6) is 0 Å². The Morgan fingerprint density at radius 1 is 0.762 bits per heavy atom. The Hall–Kier alpha value is -3.44. The van der Waals surface area contributed by atoms with E-state index >= 15 is 0 Å². The predicted molar refractivity (Wildman–Crippen MR) is 73.5 cm³/mol. The molecule has 0 saturated heterocycles. The highest BCUT2D eigenvalue weighted by molar-refractivity contribution is 6.30. The Morgan fingerprint density at radius 2 is 1.33 bits per heavy atom. The topological polar surface area (TPSA) is 85.0 Å². The van der Waals surface area contributed by atoms with E-state index < -0.39 is 0 Å². The molecule has 21 heavy (non-hydrogen) atoms. The lowest BCUT2D eigenvalue weighted by molar-refractivity contribution is 0.0979. The molecule has 0 heterocycles. The van der Waals surface area contributed by atoms with E-state index in [0.29, 0.717) is 11.1 Å². The smallest absolute Gasteiger partial charge is 0.198 e. The Morgan fingerprint density at radius 3 is 1.95 bits per heavy atom. The number of carbonyl (C=O) groups is 2. The van der Waals surface area contributed by atoms with Gasteiger partial charge in [0.05, 0.1) is 11.3 Å². The summed E-state index contributed by atoms with van der Waals surface area (Å²) in [6, 6.07) is 11.1. The molecule has 5 nitrogen and oxygen atoms in total. The van der Waals surface area contributed by atoms with Crippen LogP contribution in [0.4, 0.5) is 5.69 Å². The first kappa shape index (κ1) is 12.6. The summed E-state index contributed by atoms with van der Waals surface area (Å²) in [6.07, 6.45) is 3.37. The van der Waals surface area contributed by atoms with Crippen LogP contribution in [0.2, 0.25) is 0 Å². The van der Waals surface area contributed by atoms with Crippen LogP contribution >= 0.6 is 0 Å². The molecule has 1 aliphatic rings. The van der Waals surface area contributed by atoms with Crippen molar-refractivity contribution >= 4 is 17.3 Å². The maximum Gasteiger partial charge on any atom is 0.198 e. The van der Waals surface area contributed by atoms with Gasteiger partial charge in [0, 0.05) is 16.7 Å². The number of rotatable bonds is 1. The summed E-state index contributed by atoms with van der Waals surface area (Å²) in [5.41, 5.74) is 1.08. The zero-order chi connectivity index (χ0) is 15.0. The minimum atomic E-state index is -0.355. The summed E-state index contributed by atoms with van der Waals surface area (Å²) in [4.78, 5) is 25.8. The zero-order valence-corrected chi connectivity index (χ0v) is 10.7. The molecule has 5 heteroatoms. The first-order valence-electron chi connectivity index (χ1n) is 6.10. The molecular weight excluding hydrogens is 266 g/mol. The number of anilines is 1. The quantitative estimate of drug-likeness (QED) is 0.501. The molecule has 0 N–H and O–H groups in total. The van der Waals surface area contributed by atoms with Crippen LogP contribution in [0.25, 0.3) is 0 Å². The maximum absolute atomic E-state index is 12.6. The fourth-order valence-corrected chi connectivity index (χ4v) is 2.44. The Balaban J connectivity index is 2.32. The molecule has 0 aromatic heterocycles. The Bertz CT molecular complexity index is 858. The third-order valence-corrected chi connectivity index (χ3v) is 3.37. The lowest BCUT2D eigenvalue weighted by Crippen LogP contribution is -2.24. The summed E-state index contributed by atoms with van der Waals surface area (Å²) in [7, 11) is 0. The lowest BCUT2D eigenvalue weighted by Gasteiger charge is -2.20. The molecule has 0 spiro atoms. The molecule has 0 bridgehead atoms. The van der Waals surface area contributed by atoms with Gasteiger partial charge in [0.2, 0.25) is 0 Å². The number of fused-ring (bicyclic) bond motifs is 2. The van der Waals surface area contributed by atoms with Crippen molar-refractivity contribution < 1.29 is 9.59 Å². The summed E-state index contributed by atoms with van der Waals surface area (Å²) >= 11 is 0. The van der Waals surface area contributed by atoms with Crippen LogP contribution in [-0.2, 0) is 0 Å². The molecule has 0 saturated carbocycles. The van der Waals surface area contributed by atoms with E-state index in [1.807, 2.05) is 0 Å². The molecule has 3 rings (SSSR count). The lowest BCUT2D eigenvalue weighted by atomic mass is 9.83. The number of nitrogens with zero attached hydrogens (tertiary/aromatic N) is 3. The van der Waals surface area contributed by atoms with Crippen molar-refractivity contribution in [3.8, 4) is 12.4 Å². The van der Waals surface area contributed by atoms with Crippen LogP contribution in [0.1, 0.15) is 31.8 Å². The van der Waals surface area contributed by atoms with Gasteiger partial charge in [0.25, 0.3) is 0 Å². The average molecular weight is 273 g/mol. The summed E-state index contributed by atoms with van der Waals surface area (Å²) in [5.74, 6) is -0.635. The van der Waals surface area contributed by atoms with Crippen molar-refractivity contribution in [3.63, 3.8) is 0 Å². The van der Waals surface area contributed by atoms with Gasteiger partial charge in [-0.25, -0.2) is 0 Å². The SMILES string of the molecule is N#CN(C#N)c1cccc2c1C(=O)c1ccccc1C2=O. The van der Waals surface area contributed by atoms with Gasteiger partial charge in [-0.3, -0.25) is 9.59 Å². The molecule has 98 valence electrons. The second kappa shape index (κ2) is 4.59. The van der Waals surface area contributed by atoms with Crippen LogP contribution in [0.3, 0.4) is 0 Å². The molecule has 0 fully saturated rings. The standard InChI is InChI=1S/C16H7N3O2/c17-8-19(9-18)13-7-3-6-12-14(13)16(21)11-5-2-1-4-10(11)15(12)20/h1-7H. The largest absolute Gasteiger partial charge is 0.289 e. The highest BCUT2D eigenvalue weighted by Gasteiger charge is 2.32. The molecular formula is C16H7N3O2. The summed E-state index contributed by atoms with van der Waals surface area (Å²) < 4.78 is 0. The molecule has 0 aliphatic heterocycles. The molecule has 0 atom stereocenters. The third-order valence-electron chi connectivity index (χ3n) is 3.37. The molecule has 1 aliphatic carbocycles. The summed E-state index contributed by atoms with van der Waals surface area (Å²) in [5, 5.41) is 18.0. The van der Waals surface area contributed by atoms with Gasteiger partial charge < -0.3 is 0 Å². The van der Waals surface area contributed by atoms with Crippen molar-refractivity contribution in [2.45, 2.75) is 0 Å². The van der Waals surface area contributed by atoms with Gasteiger partial charge >= 0.3 is 0 Å². The molecule has 0 radical (unpaired) electrons. The van der Waals surface area contributed by atoms with Crippen molar-refractivity contribution in [1.82, 2.24) is 0 Å². The Kier molecular flexibility index (Phi) is 2.75. The average Bonchev–Trinajstić information content (AvgIpc) is 2.53. The second-order valence-corrected chi connectivity index (χ2v) is 4.44. The van der Waals surface area contributed by atoms with Crippen molar-refractivity contribution in [2.24, 2.45) is 0 Å². The first-order valence-corrected chi connectivity index (χ1v) is 6.10. The van der Waals surface area contributed by atoms with E-state index in [-0.39, 0.29) is 28.4 Å². The highest BCUT2D eigenvalue weighted by Crippen LogP contribution is 2.33. The number of hydrogen-bond donors (Lipinski definition) is 0. The van der Waals surface area contributed by atoms with E-state index in [2.05, 4.69) is 0 Å². The number of carbonyl (C=O) groups excluding carboxylic acids is 2. The fourth-order valence-electron chi connectivity index (χ4n) is 2.44. The molecule has 0 amide bonds. The highest BCUT2D eigenvalue weighted by atomic mass is 16.1. The van der Waals surface area contributed by atoms with E-state index in [1.54, 1.807) is 42.7 Å². The van der Waals surface area contributed by atoms with Gasteiger partial charge in [0.1, 0.15) is 0 Å². The fraction of sp³-hybridized carbons (Fsp3) is 0. The maximum atomic E-state index is 12.6. The van der Waals surface area contributed by atoms with Gasteiger partial charge in [-0.05, 0) is 6.07 Å². The normalized spacial score (nSPS) is 11.9. The van der Waals surface area contributed by atoms with Crippen molar-refractivity contribution in [3.05, 3.63) is 64.7 Å². The van der Waals surface area contributed by atoms with E-state index in [4.69, 9.17) is 10.5 Å². The number of hydrogen-bond acceptors (Lipinski definition) is 5. The number of nitriles is 2. The van der Waals surface area contributed by atoms with Crippen LogP contribution in [0.15, 0.2) is 42.5 Å². The first-order chi connectivity index (χ1) is 10.2. The van der Waals surface area contributed by atoms with E-state index in [1.165, 1.54) is 12.1 Å². The van der Waals surface area contributed by atoms with Crippen LogP contribution in [0, 0.1) is 22.9 Å². The minimum Gasteiger partial charge on any atom is -0.289 e. The van der Waals surface area contributed by atoms with Crippen molar-refractivity contribution in [2.75, 3.05) is 4.90 Å². The second-order valence-electron chi connectivity index (χ2n) is 4.44. The molecule has 2 aromatic rings. The number of benzene rings is 2. The predicted octanol–water partition coefficient (Wildman–Crippen LogP) is 2.23. The van der Waals surface area contributed by atoms with Gasteiger partial charge in [-0.1, -0.05) is 36.4 Å². The molecule has 2 aromatic carbocycles. The molecule has 0 unspecified atom stereocenters. The van der Waals surface area contributed by atoms with E-state index in [9.17, 15) is 9.59 Å². The van der Waals surface area contributed by atoms with Gasteiger partial charge in [0.15, 0.2) is 24.0 Å². The Labute approximate surface area is 120 Å². The monoisotopic (exact) mass is 273 g/mol. The third kappa shape index (κ3) is 1.69. The van der Waals surface area contributed by atoms with Crippen molar-refractivity contribution in [1.29, 1.82) is 10.5 Å². The summed E-state index contributed by atoms with van der Waals surface area (Å²) in [6.45, 7) is 0. The minimum absolute atomic E-state index is 0.101. The number of ketones is 2. The van der Waals surface area contributed by atoms with Crippen LogP contribution < -0.4 is 4.90 Å². The van der Waals surface area contributed by atoms with Gasteiger partial charge in [-0.15, -0.1) is 0 Å². The zero-order valence-electron chi connectivity index (χ0n) is 10.7. The van der Waals surface area contributed by atoms with E-state index in [0.717, 1.165) is 4.90 Å².